The minimum Gasteiger partial charge on any atom is -0.508 e. The van der Waals surface area contributed by atoms with Gasteiger partial charge in [-0.15, -0.1) is 0 Å². The molecule has 3 atom stereocenters. The van der Waals surface area contributed by atoms with E-state index in [1.165, 1.54) is 24.3 Å². The third kappa shape index (κ3) is 7.66. The van der Waals surface area contributed by atoms with E-state index in [9.17, 15) is 30.6 Å². The van der Waals surface area contributed by atoms with Crippen molar-refractivity contribution in [3.05, 3.63) is 58.1 Å². The molecule has 8 nitrogen and oxygen atoms in total. The normalized spacial score (nSPS) is 15.2. The van der Waals surface area contributed by atoms with E-state index in [1.807, 2.05) is 41.5 Å². The van der Waals surface area contributed by atoms with Crippen LogP contribution in [-0.2, 0) is 6.61 Å². The minimum absolute atomic E-state index is 0.0334. The van der Waals surface area contributed by atoms with Crippen LogP contribution in [0.25, 0.3) is 0 Å². The molecule has 0 fully saturated rings. The monoisotopic (exact) mass is 476 g/mol. The molecule has 0 aliphatic heterocycles. The summed E-state index contributed by atoms with van der Waals surface area (Å²) in [4.78, 5) is 0. The lowest BCUT2D eigenvalue weighted by Gasteiger charge is -2.25. The molecule has 8 heteroatoms. The first-order valence-corrected chi connectivity index (χ1v) is 11.5. The number of aliphatic hydroxyl groups is 4. The summed E-state index contributed by atoms with van der Waals surface area (Å²) in [6.07, 6.45) is -3.30. The summed E-state index contributed by atoms with van der Waals surface area (Å²) in [7, 11) is 0. The molecule has 0 heterocycles. The van der Waals surface area contributed by atoms with Gasteiger partial charge in [0.1, 0.15) is 17.6 Å². The lowest BCUT2D eigenvalue weighted by atomic mass is 9.92. The fraction of sp³-hybridized carbons (Fsp3) is 0.538. The molecule has 2 aromatic rings. The highest BCUT2D eigenvalue weighted by atomic mass is 16.3. The Hall–Kier alpha value is -2.20. The van der Waals surface area contributed by atoms with Gasteiger partial charge in [-0.25, -0.2) is 0 Å². The average Bonchev–Trinajstić information content (AvgIpc) is 2.74. The lowest BCUT2D eigenvalue weighted by Crippen LogP contribution is -2.38. The first kappa shape index (κ1) is 28.0. The number of rotatable bonds is 9. The molecule has 0 aromatic heterocycles. The van der Waals surface area contributed by atoms with Crippen LogP contribution in [0.3, 0.4) is 0 Å². The third-order valence-corrected chi connectivity index (χ3v) is 5.47. The molecule has 34 heavy (non-hydrogen) atoms. The molecule has 2 rings (SSSR count). The second-order valence-corrected chi connectivity index (χ2v) is 10.8. The standard InChI is InChI=1S/C26H40N2O6/c1-25(2,3)27-12-21(31)15-7-8-20(30)18(10-15)24(34)19-11-16(9-17(14-29)23(19)33)22(32)13-28-26(4,5)6/h7-11,21-22,24,27-34H,12-14H2,1-6H3/t21-,22-,24-/m0/s1. The first-order chi connectivity index (χ1) is 15.6. The highest BCUT2D eigenvalue weighted by Crippen LogP contribution is 2.38. The second kappa shape index (κ2) is 11.0. The molecule has 190 valence electrons. The minimum atomic E-state index is -1.46. The van der Waals surface area contributed by atoms with Gasteiger partial charge in [-0.05, 0) is 76.9 Å². The van der Waals surface area contributed by atoms with Gasteiger partial charge in [0.05, 0.1) is 18.8 Å². The number of β-amino-alcohol motifs (C(OH)–C–C–N with tert-alkyl or cyclic N) is 2. The molecule has 0 aliphatic rings. The van der Waals surface area contributed by atoms with E-state index in [0.29, 0.717) is 11.1 Å². The number of phenolic OH excluding ortho intramolecular Hbond substituents is 1. The van der Waals surface area contributed by atoms with Gasteiger partial charge in [0.25, 0.3) is 0 Å². The van der Waals surface area contributed by atoms with Crippen molar-refractivity contribution in [2.75, 3.05) is 13.1 Å². The van der Waals surface area contributed by atoms with Crippen LogP contribution in [0.2, 0.25) is 0 Å². The lowest BCUT2D eigenvalue weighted by molar-refractivity contribution is 0.161. The van der Waals surface area contributed by atoms with E-state index in [0.717, 1.165) is 0 Å². The topological polar surface area (TPSA) is 145 Å². The summed E-state index contributed by atoms with van der Waals surface area (Å²) in [6.45, 7) is 11.8. The van der Waals surface area contributed by atoms with Crippen LogP contribution in [0.4, 0.5) is 0 Å². The molecule has 0 saturated carbocycles. The zero-order chi connectivity index (χ0) is 25.8. The van der Waals surface area contributed by atoms with Crippen LogP contribution in [-0.4, -0.2) is 54.8 Å². The third-order valence-electron chi connectivity index (χ3n) is 5.47. The predicted octanol–water partition coefficient (Wildman–Crippen LogP) is 2.51. The Morgan fingerprint density at radius 1 is 0.735 bits per heavy atom. The number of aromatic hydroxyl groups is 2. The molecule has 0 aliphatic carbocycles. The van der Waals surface area contributed by atoms with Crippen molar-refractivity contribution in [2.24, 2.45) is 0 Å². The summed E-state index contributed by atoms with van der Waals surface area (Å²) in [5.41, 5.74) is 0.724. The number of nitrogens with one attached hydrogen (secondary N) is 2. The van der Waals surface area contributed by atoms with Crippen molar-refractivity contribution >= 4 is 0 Å². The number of aliphatic hydroxyl groups excluding tert-OH is 4. The Kier molecular flexibility index (Phi) is 9.10. The highest BCUT2D eigenvalue weighted by molar-refractivity contribution is 5.51. The first-order valence-electron chi connectivity index (χ1n) is 11.5. The fourth-order valence-corrected chi connectivity index (χ4v) is 3.47. The molecular weight excluding hydrogens is 436 g/mol. The van der Waals surface area contributed by atoms with E-state index < -0.39 is 24.9 Å². The smallest absolute Gasteiger partial charge is 0.127 e. The molecule has 8 N–H and O–H groups in total. The molecular formula is C26H40N2O6. The van der Waals surface area contributed by atoms with Crippen molar-refractivity contribution < 1.29 is 30.6 Å². The maximum atomic E-state index is 11.1. The Balaban J connectivity index is 2.41. The summed E-state index contributed by atoms with van der Waals surface area (Å²) in [5.74, 6) is -0.535. The molecule has 0 unspecified atom stereocenters. The number of hydrogen-bond acceptors (Lipinski definition) is 8. The van der Waals surface area contributed by atoms with E-state index in [1.54, 1.807) is 6.07 Å². The zero-order valence-electron chi connectivity index (χ0n) is 20.9. The zero-order valence-corrected chi connectivity index (χ0v) is 20.9. The largest absolute Gasteiger partial charge is 0.508 e. The molecule has 0 spiro atoms. The molecule has 0 amide bonds. The maximum absolute atomic E-state index is 11.1. The van der Waals surface area contributed by atoms with E-state index in [-0.39, 0.29) is 52.4 Å². The van der Waals surface area contributed by atoms with Gasteiger partial charge in [-0.2, -0.15) is 0 Å². The Labute approximate surface area is 201 Å². The van der Waals surface area contributed by atoms with Gasteiger partial charge in [-0.3, -0.25) is 0 Å². The second-order valence-electron chi connectivity index (χ2n) is 10.8. The maximum Gasteiger partial charge on any atom is 0.127 e. The van der Waals surface area contributed by atoms with Crippen molar-refractivity contribution in [3.8, 4) is 11.5 Å². The quantitative estimate of drug-likeness (QED) is 0.276. The fourth-order valence-electron chi connectivity index (χ4n) is 3.47. The highest BCUT2D eigenvalue weighted by Gasteiger charge is 2.24. The van der Waals surface area contributed by atoms with Crippen LogP contribution < -0.4 is 10.6 Å². The van der Waals surface area contributed by atoms with E-state index in [2.05, 4.69) is 10.6 Å². The number of hydrogen-bond donors (Lipinski definition) is 8. The Morgan fingerprint density at radius 3 is 1.74 bits per heavy atom. The van der Waals surface area contributed by atoms with Gasteiger partial charge in [-0.1, -0.05) is 6.07 Å². The van der Waals surface area contributed by atoms with E-state index in [4.69, 9.17) is 0 Å². The molecule has 0 saturated heterocycles. The Morgan fingerprint density at radius 2 is 1.24 bits per heavy atom. The van der Waals surface area contributed by atoms with Crippen molar-refractivity contribution in [1.82, 2.24) is 10.6 Å². The van der Waals surface area contributed by atoms with Crippen molar-refractivity contribution in [2.45, 2.75) is 77.5 Å². The van der Waals surface area contributed by atoms with Crippen molar-refractivity contribution in [1.29, 1.82) is 0 Å². The molecule has 0 radical (unpaired) electrons. The predicted molar refractivity (Wildman–Crippen MR) is 132 cm³/mol. The summed E-state index contributed by atoms with van der Waals surface area (Å²) in [6, 6.07) is 7.37. The van der Waals surface area contributed by atoms with Crippen LogP contribution >= 0.6 is 0 Å². The van der Waals surface area contributed by atoms with Gasteiger partial charge >= 0.3 is 0 Å². The van der Waals surface area contributed by atoms with Crippen LogP contribution in [0.1, 0.15) is 87.7 Å². The van der Waals surface area contributed by atoms with Crippen LogP contribution in [0.5, 0.6) is 11.5 Å². The number of benzene rings is 2. The van der Waals surface area contributed by atoms with Gasteiger partial charge in [0.15, 0.2) is 0 Å². The van der Waals surface area contributed by atoms with E-state index >= 15 is 0 Å². The average molecular weight is 477 g/mol. The van der Waals surface area contributed by atoms with Crippen LogP contribution in [0.15, 0.2) is 30.3 Å². The molecule has 0 bridgehead atoms. The van der Waals surface area contributed by atoms with Gasteiger partial charge < -0.3 is 41.3 Å². The summed E-state index contributed by atoms with van der Waals surface area (Å²) < 4.78 is 0. The van der Waals surface area contributed by atoms with Crippen molar-refractivity contribution in [3.63, 3.8) is 0 Å². The van der Waals surface area contributed by atoms with Gasteiger partial charge in [0, 0.05) is 40.9 Å². The molecule has 2 aromatic carbocycles. The van der Waals surface area contributed by atoms with Crippen LogP contribution in [0, 0.1) is 0 Å². The Bertz CT molecular complexity index is 965. The van der Waals surface area contributed by atoms with Gasteiger partial charge in [0.2, 0.25) is 0 Å². The summed E-state index contributed by atoms with van der Waals surface area (Å²) in [5, 5.41) is 69.6. The summed E-state index contributed by atoms with van der Waals surface area (Å²) >= 11 is 0. The number of phenols is 2. The SMILES string of the molecule is CC(C)(C)NC[C@H](O)c1ccc(O)c([C@H](O)c2cc([C@@H](O)CNC(C)(C)C)cc(CO)c2O)c1.